The third-order valence-corrected chi connectivity index (χ3v) is 4.77. The van der Waals surface area contributed by atoms with Crippen LogP contribution in [0.5, 0.6) is 11.5 Å². The van der Waals surface area contributed by atoms with E-state index in [1.807, 2.05) is 32.0 Å². The zero-order valence-corrected chi connectivity index (χ0v) is 16.0. The van der Waals surface area contributed by atoms with Gasteiger partial charge in [0, 0.05) is 18.4 Å². The topological polar surface area (TPSA) is 47.6 Å². The molecule has 1 amide bonds. The molecule has 26 heavy (non-hydrogen) atoms. The number of rotatable bonds is 5. The van der Waals surface area contributed by atoms with Gasteiger partial charge < -0.3 is 14.8 Å². The lowest BCUT2D eigenvalue weighted by molar-refractivity contribution is -0.122. The van der Waals surface area contributed by atoms with Gasteiger partial charge in [0.1, 0.15) is 17.1 Å². The Hall–Kier alpha value is -2.49. The lowest BCUT2D eigenvalue weighted by Crippen LogP contribution is -2.41. The van der Waals surface area contributed by atoms with E-state index in [0.717, 1.165) is 29.9 Å². The van der Waals surface area contributed by atoms with Gasteiger partial charge in [-0.2, -0.15) is 0 Å². The summed E-state index contributed by atoms with van der Waals surface area (Å²) in [4.78, 5) is 12.5. The Morgan fingerprint density at radius 3 is 2.65 bits per heavy atom. The summed E-state index contributed by atoms with van der Waals surface area (Å²) in [6, 6.07) is 14.0. The molecule has 1 aliphatic heterocycles. The highest BCUT2D eigenvalue weighted by Crippen LogP contribution is 2.41. The van der Waals surface area contributed by atoms with Gasteiger partial charge in [-0.25, -0.2) is 0 Å². The molecule has 1 atom stereocenters. The van der Waals surface area contributed by atoms with Crippen LogP contribution in [0.1, 0.15) is 49.4 Å². The van der Waals surface area contributed by atoms with Gasteiger partial charge in [-0.15, -0.1) is 0 Å². The number of methoxy groups -OCH3 is 1. The van der Waals surface area contributed by atoms with Gasteiger partial charge in [-0.05, 0) is 51.0 Å². The van der Waals surface area contributed by atoms with Crippen molar-refractivity contribution in [3.63, 3.8) is 0 Å². The summed E-state index contributed by atoms with van der Waals surface area (Å²) in [6.07, 6.45) is 1.94. The zero-order valence-electron chi connectivity index (χ0n) is 16.0. The molecule has 1 N–H and O–H groups in total. The average Bonchev–Trinajstić information content (AvgIpc) is 2.60. The predicted molar refractivity (Wildman–Crippen MR) is 103 cm³/mol. The van der Waals surface area contributed by atoms with Crippen LogP contribution in [-0.4, -0.2) is 18.6 Å². The molecule has 3 rings (SSSR count). The highest BCUT2D eigenvalue weighted by atomic mass is 16.5. The molecule has 4 heteroatoms. The molecule has 2 aromatic rings. The number of amides is 1. The summed E-state index contributed by atoms with van der Waals surface area (Å²) in [5.74, 6) is 1.64. The van der Waals surface area contributed by atoms with Crippen LogP contribution in [0.25, 0.3) is 0 Å². The fourth-order valence-corrected chi connectivity index (χ4v) is 3.37. The second-order valence-corrected chi connectivity index (χ2v) is 7.58. The minimum absolute atomic E-state index is 0.0574. The quantitative estimate of drug-likeness (QED) is 0.869. The normalized spacial score (nSPS) is 17.8. The third kappa shape index (κ3) is 4.37. The largest absolute Gasteiger partial charge is 0.497 e. The van der Waals surface area contributed by atoms with Crippen molar-refractivity contribution in [1.82, 2.24) is 5.32 Å². The molecule has 0 spiro atoms. The summed E-state index contributed by atoms with van der Waals surface area (Å²) in [5.41, 5.74) is 3.07. The van der Waals surface area contributed by atoms with Crippen molar-refractivity contribution in [2.45, 2.75) is 51.7 Å². The SMILES string of the molecule is COc1ccc2c(c1)C(NC(=O)CCc1ccc(C)cc1)CC(C)(C)O2. The lowest BCUT2D eigenvalue weighted by Gasteiger charge is -2.38. The van der Waals surface area contributed by atoms with Crippen LogP contribution >= 0.6 is 0 Å². The molecule has 138 valence electrons. The minimum Gasteiger partial charge on any atom is -0.497 e. The van der Waals surface area contributed by atoms with Gasteiger partial charge in [0.05, 0.1) is 13.2 Å². The molecule has 0 aromatic heterocycles. The molecule has 1 heterocycles. The molecular formula is C22H27NO3. The Morgan fingerprint density at radius 2 is 1.96 bits per heavy atom. The summed E-state index contributed by atoms with van der Waals surface area (Å²) >= 11 is 0. The monoisotopic (exact) mass is 353 g/mol. The first-order valence-electron chi connectivity index (χ1n) is 9.08. The van der Waals surface area contributed by atoms with Gasteiger partial charge in [0.15, 0.2) is 0 Å². The van der Waals surface area contributed by atoms with E-state index in [0.29, 0.717) is 6.42 Å². The van der Waals surface area contributed by atoms with Gasteiger partial charge in [-0.1, -0.05) is 29.8 Å². The van der Waals surface area contributed by atoms with E-state index < -0.39 is 0 Å². The molecule has 0 aliphatic carbocycles. The van der Waals surface area contributed by atoms with Gasteiger partial charge >= 0.3 is 0 Å². The maximum Gasteiger partial charge on any atom is 0.220 e. The fraction of sp³-hybridized carbons (Fsp3) is 0.409. The Labute approximate surface area is 155 Å². The van der Waals surface area contributed by atoms with Crippen molar-refractivity contribution in [2.75, 3.05) is 7.11 Å². The third-order valence-electron chi connectivity index (χ3n) is 4.77. The van der Waals surface area contributed by atoms with Crippen molar-refractivity contribution in [2.24, 2.45) is 0 Å². The van der Waals surface area contributed by atoms with Crippen LogP contribution in [0, 0.1) is 6.92 Å². The summed E-state index contributed by atoms with van der Waals surface area (Å²) in [6.45, 7) is 6.16. The number of aryl methyl sites for hydroxylation is 2. The number of carbonyl (C=O) groups is 1. The van der Waals surface area contributed by atoms with Crippen LogP contribution in [0.15, 0.2) is 42.5 Å². The molecule has 0 saturated heterocycles. The molecule has 0 saturated carbocycles. The van der Waals surface area contributed by atoms with E-state index >= 15 is 0 Å². The summed E-state index contributed by atoms with van der Waals surface area (Å²) < 4.78 is 11.4. The van der Waals surface area contributed by atoms with Crippen LogP contribution in [0.2, 0.25) is 0 Å². The van der Waals surface area contributed by atoms with Crippen molar-refractivity contribution in [1.29, 1.82) is 0 Å². The van der Waals surface area contributed by atoms with E-state index in [4.69, 9.17) is 9.47 Å². The maximum atomic E-state index is 12.5. The molecule has 0 bridgehead atoms. The predicted octanol–water partition coefficient (Wildman–Crippen LogP) is 4.35. The van der Waals surface area contributed by atoms with Crippen LogP contribution in [0.4, 0.5) is 0 Å². The number of ether oxygens (including phenoxy) is 2. The second kappa shape index (κ2) is 7.40. The summed E-state index contributed by atoms with van der Waals surface area (Å²) in [5, 5.41) is 3.19. The van der Waals surface area contributed by atoms with E-state index in [2.05, 4.69) is 36.5 Å². The smallest absolute Gasteiger partial charge is 0.220 e. The molecule has 1 unspecified atom stereocenters. The molecule has 0 fully saturated rings. The number of carbonyl (C=O) groups excluding carboxylic acids is 1. The Balaban J connectivity index is 1.70. The van der Waals surface area contributed by atoms with Gasteiger partial charge in [0.2, 0.25) is 5.91 Å². The van der Waals surface area contributed by atoms with E-state index in [9.17, 15) is 4.79 Å². The first-order chi connectivity index (χ1) is 12.4. The lowest BCUT2D eigenvalue weighted by atomic mass is 9.89. The van der Waals surface area contributed by atoms with Crippen molar-refractivity contribution >= 4 is 5.91 Å². The number of hydrogen-bond donors (Lipinski definition) is 1. The number of hydrogen-bond acceptors (Lipinski definition) is 3. The number of benzene rings is 2. The highest BCUT2D eigenvalue weighted by Gasteiger charge is 2.34. The van der Waals surface area contributed by atoms with Crippen LogP contribution in [-0.2, 0) is 11.2 Å². The fourth-order valence-electron chi connectivity index (χ4n) is 3.37. The van der Waals surface area contributed by atoms with Crippen molar-refractivity contribution in [3.8, 4) is 11.5 Å². The highest BCUT2D eigenvalue weighted by molar-refractivity contribution is 5.77. The van der Waals surface area contributed by atoms with Crippen LogP contribution in [0.3, 0.4) is 0 Å². The molecular weight excluding hydrogens is 326 g/mol. The van der Waals surface area contributed by atoms with Gasteiger partial charge in [0.25, 0.3) is 0 Å². The summed E-state index contributed by atoms with van der Waals surface area (Å²) in [7, 11) is 1.64. The van der Waals surface area contributed by atoms with E-state index in [-0.39, 0.29) is 17.6 Å². The molecule has 2 aromatic carbocycles. The number of nitrogens with one attached hydrogen (secondary N) is 1. The molecule has 4 nitrogen and oxygen atoms in total. The van der Waals surface area contributed by atoms with E-state index in [1.54, 1.807) is 7.11 Å². The standard InChI is InChI=1S/C22H27NO3/c1-15-5-7-16(8-6-15)9-12-21(24)23-19-14-22(2,3)26-20-11-10-17(25-4)13-18(19)20/h5-8,10-11,13,19H,9,12,14H2,1-4H3,(H,23,24). The second-order valence-electron chi connectivity index (χ2n) is 7.58. The zero-order chi connectivity index (χ0) is 18.7. The maximum absolute atomic E-state index is 12.5. The van der Waals surface area contributed by atoms with Crippen molar-refractivity contribution < 1.29 is 14.3 Å². The first-order valence-corrected chi connectivity index (χ1v) is 9.08. The minimum atomic E-state index is -0.323. The Morgan fingerprint density at radius 1 is 1.23 bits per heavy atom. The average molecular weight is 353 g/mol. The Kier molecular flexibility index (Phi) is 5.21. The van der Waals surface area contributed by atoms with Gasteiger partial charge in [-0.3, -0.25) is 4.79 Å². The van der Waals surface area contributed by atoms with Crippen LogP contribution < -0.4 is 14.8 Å². The molecule has 0 radical (unpaired) electrons. The molecule has 1 aliphatic rings. The van der Waals surface area contributed by atoms with E-state index in [1.165, 1.54) is 11.1 Å². The van der Waals surface area contributed by atoms with Crippen molar-refractivity contribution in [3.05, 3.63) is 59.2 Å². The first kappa shape index (κ1) is 18.3. The Bertz CT molecular complexity index is 780. The number of fused-ring (bicyclic) bond motifs is 1.